The Balaban J connectivity index is 2.48. The third kappa shape index (κ3) is 5.76. The van der Waals surface area contributed by atoms with Crippen molar-refractivity contribution in [3.63, 3.8) is 0 Å². The van der Waals surface area contributed by atoms with Gasteiger partial charge in [0.1, 0.15) is 5.75 Å². The zero-order valence-electron chi connectivity index (χ0n) is 19.2. The van der Waals surface area contributed by atoms with E-state index >= 15 is 0 Å². The van der Waals surface area contributed by atoms with E-state index in [1.807, 2.05) is 44.2 Å². The van der Waals surface area contributed by atoms with Gasteiger partial charge in [0, 0.05) is 22.3 Å². The van der Waals surface area contributed by atoms with Crippen LogP contribution >= 0.6 is 0 Å². The molecular formula is C27H32O3. The van der Waals surface area contributed by atoms with Crippen LogP contribution in [0.4, 0.5) is 0 Å². The average Bonchev–Trinajstić information content (AvgIpc) is 2.67. The lowest BCUT2D eigenvalue weighted by Crippen LogP contribution is -2.18. The fourth-order valence-electron chi connectivity index (χ4n) is 3.16. The summed E-state index contributed by atoms with van der Waals surface area (Å²) in [5, 5.41) is 0. The highest BCUT2D eigenvalue weighted by atomic mass is 16.5. The monoisotopic (exact) mass is 404 g/mol. The Morgan fingerprint density at radius 3 is 2.30 bits per heavy atom. The zero-order valence-corrected chi connectivity index (χ0v) is 19.2. The summed E-state index contributed by atoms with van der Waals surface area (Å²) in [5.74, 6) is 7.21. The van der Waals surface area contributed by atoms with E-state index in [1.54, 1.807) is 0 Å². The summed E-state index contributed by atoms with van der Waals surface area (Å²) in [4.78, 5) is 11.4. The van der Waals surface area contributed by atoms with Crippen molar-refractivity contribution >= 4 is 12.0 Å². The summed E-state index contributed by atoms with van der Waals surface area (Å²) < 4.78 is 10.9. The highest BCUT2D eigenvalue weighted by molar-refractivity contribution is 5.72. The Kier molecular flexibility index (Phi) is 7.51. The maximum atomic E-state index is 11.4. The van der Waals surface area contributed by atoms with Gasteiger partial charge in [-0.05, 0) is 55.5 Å². The van der Waals surface area contributed by atoms with E-state index in [1.165, 1.54) is 7.11 Å². The normalized spacial score (nSPS) is 10.9. The number of rotatable bonds is 5. The standard InChI is InChI=1S/C27H32O3/c1-9-23-19(4)22(17-24(27(5,6)7)26(23)30-18(2)3)15-14-20-10-12-21(13-11-20)16-25(28)29-8/h9-13,17-18H,1,16H2,2-8H3. The number of hydrogen-bond donors (Lipinski definition) is 0. The van der Waals surface area contributed by atoms with Gasteiger partial charge in [-0.2, -0.15) is 0 Å². The van der Waals surface area contributed by atoms with Crippen LogP contribution < -0.4 is 4.74 Å². The molecule has 0 radical (unpaired) electrons. The molecule has 0 amide bonds. The molecule has 0 aliphatic heterocycles. The van der Waals surface area contributed by atoms with Gasteiger partial charge < -0.3 is 9.47 Å². The minimum Gasteiger partial charge on any atom is -0.490 e. The van der Waals surface area contributed by atoms with Crippen molar-refractivity contribution in [2.75, 3.05) is 7.11 Å². The molecule has 0 unspecified atom stereocenters. The fourth-order valence-corrected chi connectivity index (χ4v) is 3.16. The molecule has 0 aliphatic carbocycles. The van der Waals surface area contributed by atoms with E-state index in [2.05, 4.69) is 52.2 Å². The van der Waals surface area contributed by atoms with Crippen LogP contribution in [0.15, 0.2) is 36.9 Å². The van der Waals surface area contributed by atoms with Crippen molar-refractivity contribution in [3.8, 4) is 17.6 Å². The number of ether oxygens (including phenoxy) is 2. The largest absolute Gasteiger partial charge is 0.490 e. The Labute approximate surface area is 181 Å². The topological polar surface area (TPSA) is 35.5 Å². The van der Waals surface area contributed by atoms with Gasteiger partial charge >= 0.3 is 5.97 Å². The molecule has 0 fully saturated rings. The number of benzene rings is 2. The second kappa shape index (κ2) is 9.67. The Bertz CT molecular complexity index is 978. The molecule has 2 aromatic rings. The van der Waals surface area contributed by atoms with Crippen molar-refractivity contribution < 1.29 is 14.3 Å². The molecule has 0 atom stereocenters. The molecule has 0 saturated heterocycles. The number of hydrogen-bond acceptors (Lipinski definition) is 3. The van der Waals surface area contributed by atoms with Crippen molar-refractivity contribution in [2.45, 2.75) is 59.5 Å². The van der Waals surface area contributed by atoms with E-state index in [4.69, 9.17) is 9.47 Å². The maximum absolute atomic E-state index is 11.4. The van der Waals surface area contributed by atoms with Gasteiger partial charge in [0.25, 0.3) is 0 Å². The molecule has 0 spiro atoms. The third-order valence-corrected chi connectivity index (χ3v) is 4.82. The predicted molar refractivity (Wildman–Crippen MR) is 124 cm³/mol. The van der Waals surface area contributed by atoms with Crippen LogP contribution in [-0.4, -0.2) is 19.2 Å². The third-order valence-electron chi connectivity index (χ3n) is 4.82. The quantitative estimate of drug-likeness (QED) is 0.464. The second-order valence-corrected chi connectivity index (χ2v) is 8.66. The van der Waals surface area contributed by atoms with Crippen LogP contribution in [-0.2, 0) is 21.4 Å². The fraction of sp³-hybridized carbons (Fsp3) is 0.370. The van der Waals surface area contributed by atoms with Crippen molar-refractivity contribution in [1.82, 2.24) is 0 Å². The molecule has 158 valence electrons. The van der Waals surface area contributed by atoms with Gasteiger partial charge in [0.15, 0.2) is 0 Å². The van der Waals surface area contributed by atoms with E-state index in [-0.39, 0.29) is 23.9 Å². The Hall–Kier alpha value is -2.99. The molecular weight excluding hydrogens is 372 g/mol. The van der Waals surface area contributed by atoms with Gasteiger partial charge in [-0.3, -0.25) is 4.79 Å². The van der Waals surface area contributed by atoms with Gasteiger partial charge in [0.2, 0.25) is 0 Å². The van der Waals surface area contributed by atoms with Gasteiger partial charge in [-0.15, -0.1) is 0 Å². The number of methoxy groups -OCH3 is 1. The minimum absolute atomic E-state index is 0.0737. The zero-order chi connectivity index (χ0) is 22.5. The van der Waals surface area contributed by atoms with Gasteiger partial charge in [-0.1, -0.05) is 57.4 Å². The molecule has 2 rings (SSSR count). The summed E-state index contributed by atoms with van der Waals surface area (Å²) in [6, 6.07) is 9.80. The molecule has 3 heteroatoms. The first-order valence-corrected chi connectivity index (χ1v) is 10.2. The summed E-state index contributed by atoms with van der Waals surface area (Å²) in [7, 11) is 1.39. The maximum Gasteiger partial charge on any atom is 0.309 e. The lowest BCUT2D eigenvalue weighted by Gasteiger charge is -2.27. The number of carbonyl (C=O) groups excluding carboxylic acids is 1. The van der Waals surface area contributed by atoms with E-state index in [0.717, 1.165) is 39.1 Å². The SMILES string of the molecule is C=Cc1c(C)c(C#Cc2ccc(CC(=O)OC)cc2)cc(C(C)(C)C)c1OC(C)C. The van der Waals surface area contributed by atoms with Crippen LogP contribution in [0.1, 0.15) is 68.0 Å². The van der Waals surface area contributed by atoms with Crippen molar-refractivity contribution in [3.05, 3.63) is 70.3 Å². The second-order valence-electron chi connectivity index (χ2n) is 8.66. The molecule has 30 heavy (non-hydrogen) atoms. The highest BCUT2D eigenvalue weighted by Gasteiger charge is 2.24. The van der Waals surface area contributed by atoms with Crippen LogP contribution in [0.2, 0.25) is 0 Å². The molecule has 0 bridgehead atoms. The Morgan fingerprint density at radius 1 is 1.17 bits per heavy atom. The smallest absolute Gasteiger partial charge is 0.309 e. The first-order valence-electron chi connectivity index (χ1n) is 10.2. The molecule has 2 aromatic carbocycles. The molecule has 3 nitrogen and oxygen atoms in total. The van der Waals surface area contributed by atoms with E-state index in [0.29, 0.717) is 0 Å². The molecule has 0 N–H and O–H groups in total. The van der Waals surface area contributed by atoms with E-state index < -0.39 is 0 Å². The van der Waals surface area contributed by atoms with Crippen molar-refractivity contribution in [2.24, 2.45) is 0 Å². The van der Waals surface area contributed by atoms with Crippen LogP contribution in [0.3, 0.4) is 0 Å². The molecule has 0 aromatic heterocycles. The summed E-state index contributed by atoms with van der Waals surface area (Å²) in [6.07, 6.45) is 2.19. The molecule has 0 saturated carbocycles. The summed E-state index contributed by atoms with van der Waals surface area (Å²) in [5.41, 5.74) is 5.84. The summed E-state index contributed by atoms with van der Waals surface area (Å²) >= 11 is 0. The lowest BCUT2D eigenvalue weighted by atomic mass is 9.82. The first kappa shape index (κ1) is 23.3. The molecule has 0 heterocycles. The number of carbonyl (C=O) groups is 1. The van der Waals surface area contributed by atoms with Crippen LogP contribution in [0.25, 0.3) is 6.08 Å². The average molecular weight is 405 g/mol. The van der Waals surface area contributed by atoms with Crippen LogP contribution in [0, 0.1) is 18.8 Å². The summed E-state index contributed by atoms with van der Waals surface area (Å²) in [6.45, 7) is 16.7. The number of esters is 1. The predicted octanol–water partition coefficient (Wildman–Crippen LogP) is 5.84. The lowest BCUT2D eigenvalue weighted by molar-refractivity contribution is -0.139. The van der Waals surface area contributed by atoms with Gasteiger partial charge in [-0.25, -0.2) is 0 Å². The van der Waals surface area contributed by atoms with Gasteiger partial charge in [0.05, 0.1) is 19.6 Å². The minimum atomic E-state index is -0.250. The first-order chi connectivity index (χ1) is 14.1. The van der Waals surface area contributed by atoms with Crippen molar-refractivity contribution in [1.29, 1.82) is 0 Å². The van der Waals surface area contributed by atoms with Crippen LogP contribution in [0.5, 0.6) is 5.75 Å². The Morgan fingerprint density at radius 2 is 1.80 bits per heavy atom. The highest BCUT2D eigenvalue weighted by Crippen LogP contribution is 2.38. The van der Waals surface area contributed by atoms with E-state index in [9.17, 15) is 4.79 Å². The molecule has 0 aliphatic rings.